The molecule has 0 saturated carbocycles. The number of hydrazone groups is 1. The van der Waals surface area contributed by atoms with Gasteiger partial charge < -0.3 is 14.8 Å². The molecule has 8 heteroatoms. The number of carbonyl (C=O) groups excluding carboxylic acids is 2. The Labute approximate surface area is 168 Å². The third-order valence-corrected chi connectivity index (χ3v) is 4.11. The molecule has 2 N–H and O–H groups in total. The van der Waals surface area contributed by atoms with Crippen LogP contribution in [-0.4, -0.2) is 32.2 Å². The van der Waals surface area contributed by atoms with Crippen LogP contribution in [0.25, 0.3) is 0 Å². The second-order valence-electron chi connectivity index (χ2n) is 5.91. The number of nitrogens with zero attached hydrogens (tertiary/aromatic N) is 1. The summed E-state index contributed by atoms with van der Waals surface area (Å²) < 4.78 is 10.4. The Hall–Kier alpha value is -3.06. The topological polar surface area (TPSA) is 89.0 Å². The van der Waals surface area contributed by atoms with Gasteiger partial charge in [0.25, 0.3) is 0 Å². The van der Waals surface area contributed by atoms with Gasteiger partial charge in [0.1, 0.15) is 11.5 Å². The number of amides is 2. The van der Waals surface area contributed by atoms with Gasteiger partial charge >= 0.3 is 0 Å². The average molecular weight is 404 g/mol. The van der Waals surface area contributed by atoms with Crippen molar-refractivity contribution < 1.29 is 19.1 Å². The molecule has 28 heavy (non-hydrogen) atoms. The standard InChI is InChI=1S/C20H22ClN3O4/c1-13-10-15(21)5-7-17(13)23-19(25)8-9-20(26)24-22-12-14-4-6-16(27-2)11-18(14)28-3/h4-7,10-12H,8-9H2,1-3H3,(H,23,25)(H,24,26)/b22-12+. The summed E-state index contributed by atoms with van der Waals surface area (Å²) >= 11 is 5.89. The quantitative estimate of drug-likeness (QED) is 0.521. The average Bonchev–Trinajstić information content (AvgIpc) is 2.68. The van der Waals surface area contributed by atoms with Gasteiger partial charge in [-0.3, -0.25) is 9.59 Å². The summed E-state index contributed by atoms with van der Waals surface area (Å²) in [7, 11) is 3.10. The van der Waals surface area contributed by atoms with E-state index >= 15 is 0 Å². The number of halogens is 1. The zero-order valence-electron chi connectivity index (χ0n) is 15.9. The van der Waals surface area contributed by atoms with E-state index in [1.165, 1.54) is 13.3 Å². The summed E-state index contributed by atoms with van der Waals surface area (Å²) in [6.45, 7) is 1.84. The molecule has 0 bridgehead atoms. The van der Waals surface area contributed by atoms with E-state index in [1.807, 2.05) is 6.92 Å². The molecular formula is C20H22ClN3O4. The minimum Gasteiger partial charge on any atom is -0.497 e. The Morgan fingerprint density at radius 2 is 1.82 bits per heavy atom. The van der Waals surface area contributed by atoms with Crippen LogP contribution in [0.15, 0.2) is 41.5 Å². The van der Waals surface area contributed by atoms with Gasteiger partial charge in [0.05, 0.1) is 20.4 Å². The molecule has 0 fully saturated rings. The Balaban J connectivity index is 1.82. The van der Waals surface area contributed by atoms with E-state index in [4.69, 9.17) is 21.1 Å². The highest BCUT2D eigenvalue weighted by atomic mass is 35.5. The smallest absolute Gasteiger partial charge is 0.240 e. The molecule has 0 aliphatic heterocycles. The van der Waals surface area contributed by atoms with Gasteiger partial charge in [-0.2, -0.15) is 5.10 Å². The van der Waals surface area contributed by atoms with Crippen LogP contribution in [0.5, 0.6) is 11.5 Å². The summed E-state index contributed by atoms with van der Waals surface area (Å²) in [5.74, 6) is 0.586. The number of nitrogens with one attached hydrogen (secondary N) is 2. The first-order valence-corrected chi connectivity index (χ1v) is 8.90. The fourth-order valence-electron chi connectivity index (χ4n) is 2.36. The van der Waals surface area contributed by atoms with E-state index in [-0.39, 0.29) is 24.7 Å². The Bertz CT molecular complexity index is 884. The molecule has 7 nitrogen and oxygen atoms in total. The lowest BCUT2D eigenvalue weighted by atomic mass is 10.2. The van der Waals surface area contributed by atoms with Crippen LogP contribution >= 0.6 is 11.6 Å². The second kappa shape index (κ2) is 10.3. The summed E-state index contributed by atoms with van der Waals surface area (Å²) in [4.78, 5) is 23.9. The van der Waals surface area contributed by atoms with Gasteiger partial charge in [0.15, 0.2) is 0 Å². The first-order chi connectivity index (χ1) is 13.4. The van der Waals surface area contributed by atoms with Crippen molar-refractivity contribution in [2.45, 2.75) is 19.8 Å². The molecule has 0 spiro atoms. The molecule has 0 radical (unpaired) electrons. The SMILES string of the molecule is COc1ccc(/C=N/NC(=O)CCC(=O)Nc2ccc(Cl)cc2C)c(OC)c1. The molecule has 2 amide bonds. The van der Waals surface area contributed by atoms with E-state index in [0.29, 0.717) is 27.8 Å². The van der Waals surface area contributed by atoms with Gasteiger partial charge in [0, 0.05) is 35.2 Å². The lowest BCUT2D eigenvalue weighted by Crippen LogP contribution is -2.20. The van der Waals surface area contributed by atoms with E-state index in [2.05, 4.69) is 15.8 Å². The van der Waals surface area contributed by atoms with Gasteiger partial charge in [0.2, 0.25) is 11.8 Å². The summed E-state index contributed by atoms with van der Waals surface area (Å²) in [5.41, 5.74) is 4.59. The molecule has 0 aliphatic rings. The summed E-state index contributed by atoms with van der Waals surface area (Å²) in [5, 5.41) is 7.25. The van der Waals surface area contributed by atoms with Crippen molar-refractivity contribution in [3.8, 4) is 11.5 Å². The summed E-state index contributed by atoms with van der Waals surface area (Å²) in [6.07, 6.45) is 1.51. The normalized spacial score (nSPS) is 10.6. The number of benzene rings is 2. The van der Waals surface area contributed by atoms with Crippen LogP contribution in [0.4, 0.5) is 5.69 Å². The minimum atomic E-state index is -0.369. The van der Waals surface area contributed by atoms with Crippen molar-refractivity contribution in [2.24, 2.45) is 5.10 Å². The Kier molecular flexibility index (Phi) is 7.83. The number of hydrogen-bond donors (Lipinski definition) is 2. The van der Waals surface area contributed by atoms with Crippen LogP contribution in [-0.2, 0) is 9.59 Å². The first kappa shape index (κ1) is 21.2. The van der Waals surface area contributed by atoms with E-state index in [1.54, 1.807) is 43.5 Å². The largest absolute Gasteiger partial charge is 0.497 e. The third-order valence-electron chi connectivity index (χ3n) is 3.88. The number of hydrogen-bond acceptors (Lipinski definition) is 5. The summed E-state index contributed by atoms with van der Waals surface area (Å²) in [6, 6.07) is 10.4. The van der Waals surface area contributed by atoms with E-state index in [0.717, 1.165) is 5.56 Å². The third kappa shape index (κ3) is 6.28. The molecule has 148 valence electrons. The van der Waals surface area contributed by atoms with Crippen molar-refractivity contribution in [1.82, 2.24) is 5.43 Å². The van der Waals surface area contributed by atoms with Crippen LogP contribution < -0.4 is 20.2 Å². The zero-order chi connectivity index (χ0) is 20.5. The van der Waals surface area contributed by atoms with Crippen molar-refractivity contribution >= 4 is 35.3 Å². The Morgan fingerprint density at radius 1 is 1.07 bits per heavy atom. The van der Waals surface area contributed by atoms with Gasteiger partial charge in [-0.15, -0.1) is 0 Å². The van der Waals surface area contributed by atoms with Crippen LogP contribution in [0.3, 0.4) is 0 Å². The highest BCUT2D eigenvalue weighted by molar-refractivity contribution is 6.30. The number of ether oxygens (including phenoxy) is 2. The zero-order valence-corrected chi connectivity index (χ0v) is 16.7. The van der Waals surface area contributed by atoms with Gasteiger partial charge in [-0.25, -0.2) is 5.43 Å². The van der Waals surface area contributed by atoms with Gasteiger partial charge in [-0.1, -0.05) is 11.6 Å². The van der Waals surface area contributed by atoms with E-state index < -0.39 is 0 Å². The highest BCUT2D eigenvalue weighted by Gasteiger charge is 2.09. The maximum atomic E-state index is 12.0. The number of rotatable bonds is 8. The molecule has 0 aliphatic carbocycles. The minimum absolute atomic E-state index is 0.00948. The predicted molar refractivity (Wildman–Crippen MR) is 109 cm³/mol. The second-order valence-corrected chi connectivity index (χ2v) is 6.34. The number of anilines is 1. The number of aryl methyl sites for hydroxylation is 1. The first-order valence-electron chi connectivity index (χ1n) is 8.53. The highest BCUT2D eigenvalue weighted by Crippen LogP contribution is 2.23. The molecule has 0 aromatic heterocycles. The van der Waals surface area contributed by atoms with Crippen LogP contribution in [0.2, 0.25) is 5.02 Å². The van der Waals surface area contributed by atoms with Crippen molar-refractivity contribution in [3.05, 3.63) is 52.5 Å². The molecule has 0 heterocycles. The van der Waals surface area contributed by atoms with E-state index in [9.17, 15) is 9.59 Å². The van der Waals surface area contributed by atoms with Crippen molar-refractivity contribution in [2.75, 3.05) is 19.5 Å². The molecule has 0 unspecified atom stereocenters. The maximum Gasteiger partial charge on any atom is 0.240 e. The van der Waals surface area contributed by atoms with Gasteiger partial charge in [-0.05, 0) is 42.8 Å². The fraction of sp³-hybridized carbons (Fsp3) is 0.250. The lowest BCUT2D eigenvalue weighted by molar-refractivity contribution is -0.124. The molecule has 0 saturated heterocycles. The molecule has 2 rings (SSSR count). The fourth-order valence-corrected chi connectivity index (χ4v) is 2.59. The maximum absolute atomic E-state index is 12.0. The van der Waals surface area contributed by atoms with Crippen LogP contribution in [0, 0.1) is 6.92 Å². The Morgan fingerprint density at radius 3 is 2.50 bits per heavy atom. The molecule has 2 aromatic carbocycles. The molecular weight excluding hydrogens is 382 g/mol. The molecule has 2 aromatic rings. The monoisotopic (exact) mass is 403 g/mol. The number of methoxy groups -OCH3 is 2. The number of carbonyl (C=O) groups is 2. The lowest BCUT2D eigenvalue weighted by Gasteiger charge is -2.08. The van der Waals surface area contributed by atoms with Crippen molar-refractivity contribution in [3.63, 3.8) is 0 Å². The predicted octanol–water partition coefficient (Wildman–Crippen LogP) is 3.53. The molecule has 0 atom stereocenters. The van der Waals surface area contributed by atoms with Crippen LogP contribution in [0.1, 0.15) is 24.0 Å². The van der Waals surface area contributed by atoms with Crippen molar-refractivity contribution in [1.29, 1.82) is 0 Å².